The Hall–Kier alpha value is -0.560. The molecule has 0 aliphatic heterocycles. The third kappa shape index (κ3) is 2.89. The zero-order valence-corrected chi connectivity index (χ0v) is 7.67. The van der Waals surface area contributed by atoms with Crippen molar-refractivity contribution in [2.24, 2.45) is 5.92 Å². The van der Waals surface area contributed by atoms with Crippen molar-refractivity contribution < 1.29 is 0 Å². The third-order valence-corrected chi connectivity index (χ3v) is 1.89. The first-order valence-electron chi connectivity index (χ1n) is 4.20. The highest BCUT2D eigenvalue weighted by atomic mass is 15.0. The smallest absolute Gasteiger partial charge is 0.0224 e. The van der Waals surface area contributed by atoms with Gasteiger partial charge in [0.15, 0.2) is 0 Å². The molecule has 0 N–H and O–H groups in total. The minimum Gasteiger partial charge on any atom is -0.305 e. The number of hydrogen-bond acceptors (Lipinski definition) is 1. The molecule has 11 heavy (non-hydrogen) atoms. The first-order chi connectivity index (χ1) is 5.18. The van der Waals surface area contributed by atoms with E-state index in [1.807, 2.05) is 0 Å². The molecule has 0 aromatic carbocycles. The van der Waals surface area contributed by atoms with Crippen molar-refractivity contribution in [1.82, 2.24) is 4.90 Å². The maximum atomic E-state index is 2.34. The summed E-state index contributed by atoms with van der Waals surface area (Å²) in [5.74, 6) is 0.737. The quantitative estimate of drug-likeness (QED) is 0.584. The van der Waals surface area contributed by atoms with Crippen LogP contribution in [-0.2, 0) is 0 Å². The summed E-state index contributed by atoms with van der Waals surface area (Å²) in [6, 6.07) is 0. The van der Waals surface area contributed by atoms with Gasteiger partial charge >= 0.3 is 0 Å². The maximum Gasteiger partial charge on any atom is 0.0224 e. The van der Waals surface area contributed by atoms with E-state index >= 15 is 0 Å². The molecule has 0 saturated heterocycles. The highest BCUT2D eigenvalue weighted by Crippen LogP contribution is 2.15. The van der Waals surface area contributed by atoms with E-state index in [2.05, 4.69) is 44.1 Å². The molecule has 0 fully saturated rings. The van der Waals surface area contributed by atoms with Crippen LogP contribution in [0.1, 0.15) is 13.3 Å². The molecule has 0 bridgehead atoms. The van der Waals surface area contributed by atoms with E-state index in [0.29, 0.717) is 0 Å². The summed E-state index contributed by atoms with van der Waals surface area (Å²) < 4.78 is 0. The van der Waals surface area contributed by atoms with Crippen LogP contribution in [0.3, 0.4) is 0 Å². The van der Waals surface area contributed by atoms with E-state index in [-0.39, 0.29) is 0 Å². The molecule has 62 valence electrons. The average molecular weight is 151 g/mol. The largest absolute Gasteiger partial charge is 0.305 e. The molecule has 1 nitrogen and oxygen atoms in total. The molecule has 0 radical (unpaired) electrons. The Bertz CT molecular complexity index is 177. The van der Waals surface area contributed by atoms with E-state index < -0.39 is 0 Å². The van der Waals surface area contributed by atoms with Crippen LogP contribution < -0.4 is 0 Å². The van der Waals surface area contributed by atoms with Gasteiger partial charge in [-0.05, 0) is 32.0 Å². The molecular formula is C10H17N. The van der Waals surface area contributed by atoms with E-state index in [4.69, 9.17) is 0 Å². The summed E-state index contributed by atoms with van der Waals surface area (Å²) in [6.07, 6.45) is 8.08. The molecular weight excluding hydrogens is 134 g/mol. The molecule has 0 amide bonds. The first-order valence-corrected chi connectivity index (χ1v) is 4.20. The van der Waals surface area contributed by atoms with Crippen LogP contribution >= 0.6 is 0 Å². The highest BCUT2D eigenvalue weighted by Gasteiger charge is 2.03. The van der Waals surface area contributed by atoms with Crippen molar-refractivity contribution in [3.8, 4) is 0 Å². The Balaban J connectivity index is 2.43. The second kappa shape index (κ2) is 3.72. The van der Waals surface area contributed by atoms with E-state index in [0.717, 1.165) is 12.5 Å². The van der Waals surface area contributed by atoms with Gasteiger partial charge in [0.25, 0.3) is 0 Å². The van der Waals surface area contributed by atoms with E-state index in [1.54, 1.807) is 0 Å². The fourth-order valence-electron chi connectivity index (χ4n) is 1.25. The highest BCUT2D eigenvalue weighted by molar-refractivity contribution is 5.24. The molecule has 0 saturated carbocycles. The lowest BCUT2D eigenvalue weighted by molar-refractivity contribution is 0.447. The number of hydrogen-bond donors (Lipinski definition) is 0. The number of likely N-dealkylation sites (N-methyl/N-ethyl adjacent to an activating group) is 1. The number of allylic oxidation sites excluding steroid dienone is 2. The zero-order chi connectivity index (χ0) is 8.27. The van der Waals surface area contributed by atoms with Crippen molar-refractivity contribution in [1.29, 1.82) is 0 Å². The van der Waals surface area contributed by atoms with Crippen molar-refractivity contribution in [3.05, 3.63) is 23.8 Å². The molecule has 0 aromatic rings. The molecule has 1 aliphatic rings. The predicted molar refractivity (Wildman–Crippen MR) is 49.6 cm³/mol. The van der Waals surface area contributed by atoms with E-state index in [1.165, 1.54) is 12.0 Å². The molecule has 1 aliphatic carbocycles. The van der Waals surface area contributed by atoms with Crippen molar-refractivity contribution >= 4 is 0 Å². The summed E-state index contributed by atoms with van der Waals surface area (Å²) in [4.78, 5) is 2.20. The molecule has 0 aromatic heterocycles. The average Bonchev–Trinajstić information content (AvgIpc) is 1.93. The van der Waals surface area contributed by atoms with Gasteiger partial charge in [0, 0.05) is 6.54 Å². The fourth-order valence-corrected chi connectivity index (χ4v) is 1.25. The Morgan fingerprint density at radius 3 is 2.73 bits per heavy atom. The second-order valence-corrected chi connectivity index (χ2v) is 3.59. The van der Waals surface area contributed by atoms with Gasteiger partial charge in [0.1, 0.15) is 0 Å². The predicted octanol–water partition coefficient (Wildman–Crippen LogP) is 2.07. The van der Waals surface area contributed by atoms with Crippen molar-refractivity contribution in [2.75, 3.05) is 20.6 Å². The number of rotatable bonds is 2. The van der Waals surface area contributed by atoms with Gasteiger partial charge in [-0.3, -0.25) is 0 Å². The van der Waals surface area contributed by atoms with Crippen LogP contribution in [0.4, 0.5) is 0 Å². The van der Waals surface area contributed by atoms with Crippen LogP contribution in [-0.4, -0.2) is 25.5 Å². The Labute approximate surface area is 69.4 Å². The SMILES string of the molecule is C[C@@H]1C=CC(CN(C)C)=CC1. The van der Waals surface area contributed by atoms with Crippen LogP contribution in [0, 0.1) is 5.92 Å². The molecule has 1 heteroatoms. The van der Waals surface area contributed by atoms with Gasteiger partial charge in [-0.25, -0.2) is 0 Å². The minimum absolute atomic E-state index is 0.737. The Morgan fingerprint density at radius 1 is 1.55 bits per heavy atom. The molecule has 0 heterocycles. The van der Waals surface area contributed by atoms with Gasteiger partial charge in [-0.1, -0.05) is 25.2 Å². The van der Waals surface area contributed by atoms with E-state index in [9.17, 15) is 0 Å². The van der Waals surface area contributed by atoms with Crippen LogP contribution in [0.15, 0.2) is 23.8 Å². The van der Waals surface area contributed by atoms with Gasteiger partial charge in [-0.15, -0.1) is 0 Å². The first kappa shape index (κ1) is 8.54. The maximum absolute atomic E-state index is 2.34. The summed E-state index contributed by atoms with van der Waals surface area (Å²) in [6.45, 7) is 3.32. The summed E-state index contributed by atoms with van der Waals surface area (Å²) in [5, 5.41) is 0. The van der Waals surface area contributed by atoms with Crippen LogP contribution in [0.5, 0.6) is 0 Å². The fraction of sp³-hybridized carbons (Fsp3) is 0.600. The zero-order valence-electron chi connectivity index (χ0n) is 7.67. The lowest BCUT2D eigenvalue weighted by Gasteiger charge is -2.15. The van der Waals surface area contributed by atoms with Gasteiger partial charge < -0.3 is 4.90 Å². The normalized spacial score (nSPS) is 24.0. The molecule has 1 atom stereocenters. The summed E-state index contributed by atoms with van der Waals surface area (Å²) in [5.41, 5.74) is 1.45. The van der Waals surface area contributed by atoms with Crippen molar-refractivity contribution in [2.45, 2.75) is 13.3 Å². The molecule has 0 unspecified atom stereocenters. The summed E-state index contributed by atoms with van der Waals surface area (Å²) in [7, 11) is 4.21. The van der Waals surface area contributed by atoms with Gasteiger partial charge in [-0.2, -0.15) is 0 Å². The standard InChI is InChI=1S/C10H17N/c1-9-4-6-10(7-5-9)8-11(2)3/h4,6-7,9H,5,8H2,1-3H3/t9-/m1/s1. The lowest BCUT2D eigenvalue weighted by atomic mass is 9.98. The molecule has 1 rings (SSSR count). The van der Waals surface area contributed by atoms with Gasteiger partial charge in [0.2, 0.25) is 0 Å². The van der Waals surface area contributed by atoms with Gasteiger partial charge in [0.05, 0.1) is 0 Å². The number of nitrogens with zero attached hydrogens (tertiary/aromatic N) is 1. The van der Waals surface area contributed by atoms with Crippen LogP contribution in [0.2, 0.25) is 0 Å². The monoisotopic (exact) mass is 151 g/mol. The van der Waals surface area contributed by atoms with Crippen LogP contribution in [0.25, 0.3) is 0 Å². The molecule has 0 spiro atoms. The topological polar surface area (TPSA) is 3.24 Å². The summed E-state index contributed by atoms with van der Waals surface area (Å²) >= 11 is 0. The Morgan fingerprint density at radius 2 is 2.27 bits per heavy atom. The van der Waals surface area contributed by atoms with Crippen molar-refractivity contribution in [3.63, 3.8) is 0 Å². The second-order valence-electron chi connectivity index (χ2n) is 3.59. The minimum atomic E-state index is 0.737. The third-order valence-electron chi connectivity index (χ3n) is 1.89. The lowest BCUT2D eigenvalue weighted by Crippen LogP contribution is -2.15. The Kier molecular flexibility index (Phi) is 2.89.